The summed E-state index contributed by atoms with van der Waals surface area (Å²) >= 11 is 0. The lowest BCUT2D eigenvalue weighted by molar-refractivity contribution is 0.319. The summed E-state index contributed by atoms with van der Waals surface area (Å²) in [6.45, 7) is 5.99. The van der Waals surface area contributed by atoms with Crippen LogP contribution in [0.15, 0.2) is 60.7 Å². The quantitative estimate of drug-likeness (QED) is 0.769. The third-order valence-corrected chi connectivity index (χ3v) is 2.59. The maximum Gasteiger partial charge on any atom is 0.0234 e. The van der Waals surface area contributed by atoms with Crippen molar-refractivity contribution in [3.63, 3.8) is 0 Å². The van der Waals surface area contributed by atoms with Crippen LogP contribution in [0, 0.1) is 0 Å². The second-order valence-electron chi connectivity index (χ2n) is 4.14. The van der Waals surface area contributed by atoms with E-state index in [1.165, 1.54) is 11.1 Å². The van der Waals surface area contributed by atoms with Crippen molar-refractivity contribution >= 4 is 0 Å². The van der Waals surface area contributed by atoms with E-state index >= 15 is 0 Å². The zero-order valence-electron chi connectivity index (χ0n) is 11.6. The number of rotatable bonds is 4. The first-order valence-electron chi connectivity index (χ1n) is 6.61. The van der Waals surface area contributed by atoms with Crippen LogP contribution in [-0.2, 0) is 13.1 Å². The Kier molecular flexibility index (Phi) is 6.82. The van der Waals surface area contributed by atoms with Crippen LogP contribution in [0.3, 0.4) is 0 Å². The highest BCUT2D eigenvalue weighted by Gasteiger charge is 2.00. The van der Waals surface area contributed by atoms with Gasteiger partial charge in [-0.05, 0) is 18.2 Å². The van der Waals surface area contributed by atoms with Crippen molar-refractivity contribution in [3.05, 3.63) is 71.8 Å². The van der Waals surface area contributed by atoms with Crippen molar-refractivity contribution in [2.75, 3.05) is 7.05 Å². The fourth-order valence-corrected chi connectivity index (χ4v) is 1.85. The Hall–Kier alpha value is -1.60. The summed E-state index contributed by atoms with van der Waals surface area (Å²) in [5.74, 6) is 0. The molecule has 1 heteroatoms. The van der Waals surface area contributed by atoms with E-state index in [4.69, 9.17) is 0 Å². The van der Waals surface area contributed by atoms with Crippen molar-refractivity contribution in [1.29, 1.82) is 0 Å². The molecule has 0 aromatic heterocycles. The van der Waals surface area contributed by atoms with Crippen LogP contribution >= 0.6 is 0 Å². The van der Waals surface area contributed by atoms with Crippen LogP contribution < -0.4 is 0 Å². The van der Waals surface area contributed by atoms with Gasteiger partial charge in [0, 0.05) is 13.1 Å². The monoisotopic (exact) mass is 241 g/mol. The molecule has 0 aliphatic carbocycles. The molecular formula is C17H23N. The second-order valence-corrected chi connectivity index (χ2v) is 4.14. The zero-order valence-corrected chi connectivity index (χ0v) is 11.6. The molecule has 0 atom stereocenters. The van der Waals surface area contributed by atoms with Gasteiger partial charge in [-0.25, -0.2) is 0 Å². The van der Waals surface area contributed by atoms with Gasteiger partial charge >= 0.3 is 0 Å². The highest BCUT2D eigenvalue weighted by molar-refractivity contribution is 5.16. The molecule has 0 saturated carbocycles. The predicted molar refractivity (Wildman–Crippen MR) is 79.4 cm³/mol. The summed E-state index contributed by atoms with van der Waals surface area (Å²) in [7, 11) is 2.15. The Morgan fingerprint density at radius 3 is 1.33 bits per heavy atom. The molecule has 0 spiro atoms. The van der Waals surface area contributed by atoms with Crippen LogP contribution in [-0.4, -0.2) is 11.9 Å². The molecule has 96 valence electrons. The van der Waals surface area contributed by atoms with Crippen LogP contribution in [0.5, 0.6) is 0 Å². The van der Waals surface area contributed by atoms with Gasteiger partial charge in [0.05, 0.1) is 0 Å². The molecule has 0 unspecified atom stereocenters. The fourth-order valence-electron chi connectivity index (χ4n) is 1.85. The number of nitrogens with zero attached hydrogens (tertiary/aromatic N) is 1. The highest BCUT2D eigenvalue weighted by Crippen LogP contribution is 2.07. The van der Waals surface area contributed by atoms with Crippen molar-refractivity contribution in [2.24, 2.45) is 0 Å². The fraction of sp³-hybridized carbons (Fsp3) is 0.294. The van der Waals surface area contributed by atoms with E-state index in [-0.39, 0.29) is 0 Å². The summed E-state index contributed by atoms with van der Waals surface area (Å²) in [4.78, 5) is 2.32. The number of hydrogen-bond acceptors (Lipinski definition) is 1. The average molecular weight is 241 g/mol. The predicted octanol–water partition coefficient (Wildman–Crippen LogP) is 4.34. The third-order valence-electron chi connectivity index (χ3n) is 2.59. The molecule has 0 aliphatic heterocycles. The molecule has 18 heavy (non-hydrogen) atoms. The topological polar surface area (TPSA) is 3.24 Å². The molecule has 0 bridgehead atoms. The van der Waals surface area contributed by atoms with Gasteiger partial charge in [-0.2, -0.15) is 0 Å². The summed E-state index contributed by atoms with van der Waals surface area (Å²) < 4.78 is 0. The first kappa shape index (κ1) is 14.5. The third kappa shape index (κ3) is 5.15. The smallest absolute Gasteiger partial charge is 0.0234 e. The van der Waals surface area contributed by atoms with E-state index in [0.29, 0.717) is 0 Å². The molecule has 2 aromatic carbocycles. The Labute approximate surface area is 111 Å². The van der Waals surface area contributed by atoms with E-state index in [1.54, 1.807) is 0 Å². The van der Waals surface area contributed by atoms with Crippen molar-refractivity contribution in [2.45, 2.75) is 26.9 Å². The molecule has 0 N–H and O–H groups in total. The molecule has 1 nitrogen and oxygen atoms in total. The van der Waals surface area contributed by atoms with Gasteiger partial charge in [-0.15, -0.1) is 0 Å². The Morgan fingerprint density at radius 1 is 0.667 bits per heavy atom. The summed E-state index contributed by atoms with van der Waals surface area (Å²) in [5.41, 5.74) is 2.72. The normalized spacial score (nSPS) is 9.78. The first-order chi connectivity index (χ1) is 8.84. The summed E-state index contributed by atoms with van der Waals surface area (Å²) in [6.07, 6.45) is 0. The van der Waals surface area contributed by atoms with Crippen LogP contribution in [0.4, 0.5) is 0 Å². The average Bonchev–Trinajstić information content (AvgIpc) is 2.43. The standard InChI is InChI=1S/C15H17N.C2H6/c1-16(12-14-8-4-2-5-9-14)13-15-10-6-3-7-11-15;1-2/h2-11H,12-13H2,1H3;1-2H3. The molecule has 0 aliphatic rings. The van der Waals surface area contributed by atoms with E-state index < -0.39 is 0 Å². The molecule has 0 heterocycles. The maximum absolute atomic E-state index is 2.32. The zero-order chi connectivity index (χ0) is 13.2. The lowest BCUT2D eigenvalue weighted by Gasteiger charge is -2.16. The SMILES string of the molecule is CC.CN(Cc1ccccc1)Cc1ccccc1. The lowest BCUT2D eigenvalue weighted by atomic mass is 10.2. The molecule has 2 aromatic rings. The minimum Gasteiger partial charge on any atom is -0.298 e. The van der Waals surface area contributed by atoms with Crippen molar-refractivity contribution in [3.8, 4) is 0 Å². The van der Waals surface area contributed by atoms with Gasteiger partial charge in [0.2, 0.25) is 0 Å². The van der Waals surface area contributed by atoms with E-state index in [0.717, 1.165) is 13.1 Å². The van der Waals surface area contributed by atoms with Crippen molar-refractivity contribution < 1.29 is 0 Å². The van der Waals surface area contributed by atoms with Crippen molar-refractivity contribution in [1.82, 2.24) is 4.90 Å². The van der Waals surface area contributed by atoms with E-state index in [9.17, 15) is 0 Å². The Balaban J connectivity index is 0.000000771. The molecule has 0 fully saturated rings. The summed E-state index contributed by atoms with van der Waals surface area (Å²) in [5, 5.41) is 0. The van der Waals surface area contributed by atoms with Gasteiger partial charge in [0.1, 0.15) is 0 Å². The maximum atomic E-state index is 2.32. The van der Waals surface area contributed by atoms with Crippen LogP contribution in [0.25, 0.3) is 0 Å². The van der Waals surface area contributed by atoms with Gasteiger partial charge < -0.3 is 0 Å². The molecular weight excluding hydrogens is 218 g/mol. The van der Waals surface area contributed by atoms with Crippen LogP contribution in [0.1, 0.15) is 25.0 Å². The number of hydrogen-bond donors (Lipinski definition) is 0. The Morgan fingerprint density at radius 2 is 1.00 bits per heavy atom. The number of benzene rings is 2. The van der Waals surface area contributed by atoms with Gasteiger partial charge in [0.25, 0.3) is 0 Å². The van der Waals surface area contributed by atoms with Gasteiger partial charge in [-0.1, -0.05) is 74.5 Å². The minimum atomic E-state index is 0.996. The highest BCUT2D eigenvalue weighted by atomic mass is 15.1. The molecule has 0 radical (unpaired) electrons. The van der Waals surface area contributed by atoms with Crippen LogP contribution in [0.2, 0.25) is 0 Å². The van der Waals surface area contributed by atoms with E-state index in [1.807, 2.05) is 13.8 Å². The molecule has 0 saturated heterocycles. The minimum absolute atomic E-state index is 0.996. The molecule has 2 rings (SSSR count). The lowest BCUT2D eigenvalue weighted by Crippen LogP contribution is -2.16. The Bertz CT molecular complexity index is 367. The van der Waals surface area contributed by atoms with Gasteiger partial charge in [-0.3, -0.25) is 4.90 Å². The van der Waals surface area contributed by atoms with Gasteiger partial charge in [0.15, 0.2) is 0 Å². The molecule has 0 amide bonds. The largest absolute Gasteiger partial charge is 0.298 e. The van der Waals surface area contributed by atoms with E-state index in [2.05, 4.69) is 72.6 Å². The second kappa shape index (κ2) is 8.48. The summed E-state index contributed by atoms with van der Waals surface area (Å²) in [6, 6.07) is 21.1. The first-order valence-corrected chi connectivity index (χ1v) is 6.61.